The highest BCUT2D eigenvalue weighted by molar-refractivity contribution is 7.89. The summed E-state index contributed by atoms with van der Waals surface area (Å²) in [5, 5.41) is 7.57. The van der Waals surface area contributed by atoms with E-state index in [1.165, 1.54) is 5.69 Å². The number of benzene rings is 2. The lowest BCUT2D eigenvalue weighted by Gasteiger charge is -2.34. The van der Waals surface area contributed by atoms with Crippen molar-refractivity contribution >= 4 is 15.7 Å². The summed E-state index contributed by atoms with van der Waals surface area (Å²) >= 11 is 0. The minimum atomic E-state index is -3.39. The Morgan fingerprint density at radius 2 is 1.44 bits per heavy atom. The number of aromatic amines is 1. The quantitative estimate of drug-likeness (QED) is 0.645. The summed E-state index contributed by atoms with van der Waals surface area (Å²) in [6, 6.07) is 17.6. The summed E-state index contributed by atoms with van der Waals surface area (Å²) in [6.07, 6.45) is 1.87. The van der Waals surface area contributed by atoms with Crippen LogP contribution in [-0.4, -0.2) is 74.1 Å². The smallest absolute Gasteiger partial charge is 0.243 e. The fourth-order valence-electron chi connectivity index (χ4n) is 4.41. The van der Waals surface area contributed by atoms with Gasteiger partial charge in [0.25, 0.3) is 0 Å². The van der Waals surface area contributed by atoms with Crippen molar-refractivity contribution in [2.45, 2.75) is 17.7 Å². The van der Waals surface area contributed by atoms with E-state index in [0.29, 0.717) is 18.0 Å². The molecule has 0 aliphatic carbocycles. The van der Waals surface area contributed by atoms with Gasteiger partial charge in [-0.3, -0.25) is 5.10 Å². The molecule has 1 aromatic heterocycles. The van der Waals surface area contributed by atoms with Crippen LogP contribution in [0.5, 0.6) is 0 Å². The molecule has 0 radical (unpaired) electrons. The van der Waals surface area contributed by atoms with Gasteiger partial charge < -0.3 is 9.80 Å². The van der Waals surface area contributed by atoms with Gasteiger partial charge in [-0.1, -0.05) is 24.3 Å². The number of sulfonamides is 1. The van der Waals surface area contributed by atoms with Gasteiger partial charge in [0.1, 0.15) is 0 Å². The molecule has 0 spiro atoms. The first-order chi connectivity index (χ1) is 15.5. The lowest BCUT2D eigenvalue weighted by atomic mass is 10.1. The largest absolute Gasteiger partial charge is 0.369 e. The monoisotopic (exact) mass is 451 g/mol. The first-order valence-corrected chi connectivity index (χ1v) is 12.6. The van der Waals surface area contributed by atoms with E-state index in [0.717, 1.165) is 61.5 Å². The Bertz CT molecular complexity index is 1160. The van der Waals surface area contributed by atoms with Gasteiger partial charge >= 0.3 is 0 Å². The Balaban J connectivity index is 1.30. The Morgan fingerprint density at radius 3 is 2.09 bits per heavy atom. The molecule has 5 rings (SSSR count). The molecule has 2 aliphatic heterocycles. The van der Waals surface area contributed by atoms with Crippen LogP contribution in [-0.2, 0) is 10.0 Å². The van der Waals surface area contributed by atoms with E-state index in [9.17, 15) is 8.42 Å². The van der Waals surface area contributed by atoms with Crippen LogP contribution in [0, 0.1) is 0 Å². The van der Waals surface area contributed by atoms with Crippen LogP contribution in [0.4, 0.5) is 5.69 Å². The van der Waals surface area contributed by atoms with Crippen LogP contribution in [0.3, 0.4) is 0 Å². The highest BCUT2D eigenvalue weighted by Gasteiger charge is 2.27. The molecule has 2 aliphatic rings. The molecule has 2 fully saturated rings. The molecule has 2 aromatic carbocycles. The molecular weight excluding hydrogens is 422 g/mol. The van der Waals surface area contributed by atoms with Gasteiger partial charge in [0.2, 0.25) is 10.0 Å². The predicted octanol–water partition coefficient (Wildman–Crippen LogP) is 3.28. The van der Waals surface area contributed by atoms with Crippen molar-refractivity contribution in [3.63, 3.8) is 0 Å². The van der Waals surface area contributed by atoms with E-state index in [4.69, 9.17) is 0 Å². The number of H-pyrrole nitrogens is 1. The van der Waals surface area contributed by atoms with Crippen LogP contribution < -0.4 is 4.90 Å². The molecule has 8 heteroatoms. The molecule has 7 nitrogen and oxygen atoms in total. The lowest BCUT2D eigenvalue weighted by Crippen LogP contribution is -2.44. The molecule has 2 saturated heterocycles. The summed E-state index contributed by atoms with van der Waals surface area (Å²) in [5.41, 5.74) is 4.95. The van der Waals surface area contributed by atoms with Gasteiger partial charge in [-0.2, -0.15) is 9.40 Å². The van der Waals surface area contributed by atoms with Crippen LogP contribution >= 0.6 is 0 Å². The molecular formula is C24H29N5O2S. The summed E-state index contributed by atoms with van der Waals surface area (Å²) in [5.74, 6) is 0. The van der Waals surface area contributed by atoms with Crippen LogP contribution in [0.1, 0.15) is 12.8 Å². The average molecular weight is 452 g/mol. The van der Waals surface area contributed by atoms with Crippen molar-refractivity contribution < 1.29 is 8.42 Å². The van der Waals surface area contributed by atoms with Gasteiger partial charge in [0.15, 0.2) is 0 Å². The summed E-state index contributed by atoms with van der Waals surface area (Å²) in [7, 11) is -1.23. The van der Waals surface area contributed by atoms with Crippen molar-refractivity contribution in [1.82, 2.24) is 19.4 Å². The van der Waals surface area contributed by atoms with E-state index in [1.54, 1.807) is 16.4 Å². The van der Waals surface area contributed by atoms with Crippen molar-refractivity contribution in [2.75, 3.05) is 51.2 Å². The Morgan fingerprint density at radius 1 is 0.812 bits per heavy atom. The zero-order chi connectivity index (χ0) is 22.1. The first kappa shape index (κ1) is 21.2. The fraction of sp³-hybridized carbons (Fsp3) is 0.375. The second-order valence-corrected chi connectivity index (χ2v) is 10.6. The predicted molar refractivity (Wildman–Crippen MR) is 127 cm³/mol. The molecule has 0 unspecified atom stereocenters. The van der Waals surface area contributed by atoms with Gasteiger partial charge in [0, 0.05) is 50.5 Å². The van der Waals surface area contributed by atoms with Crippen molar-refractivity contribution in [1.29, 1.82) is 0 Å². The number of hydrogen-bond acceptors (Lipinski definition) is 5. The summed E-state index contributed by atoms with van der Waals surface area (Å²) in [4.78, 5) is 5.12. The highest BCUT2D eigenvalue weighted by atomic mass is 32.2. The Hall–Kier alpha value is -2.68. The van der Waals surface area contributed by atoms with Gasteiger partial charge in [-0.25, -0.2) is 8.42 Å². The third kappa shape index (κ3) is 4.18. The number of rotatable bonds is 5. The van der Waals surface area contributed by atoms with Crippen LogP contribution in [0.15, 0.2) is 59.5 Å². The molecule has 168 valence electrons. The minimum Gasteiger partial charge on any atom is -0.369 e. The van der Waals surface area contributed by atoms with Crippen molar-refractivity contribution in [3.8, 4) is 22.5 Å². The number of aromatic nitrogens is 2. The summed E-state index contributed by atoms with van der Waals surface area (Å²) < 4.78 is 27.0. The number of nitrogens with one attached hydrogen (secondary N) is 1. The second-order valence-electron chi connectivity index (χ2n) is 8.64. The van der Waals surface area contributed by atoms with Crippen molar-refractivity contribution in [2.24, 2.45) is 0 Å². The number of hydrogen-bond donors (Lipinski definition) is 1. The SMILES string of the molecule is CN1CCN(c2ccc(-c3cc(-c4ccc(S(=O)(=O)N5CCCC5)cc4)[nH]n3)cc2)CC1. The Kier molecular flexibility index (Phi) is 5.75. The molecule has 32 heavy (non-hydrogen) atoms. The number of piperazine rings is 1. The topological polar surface area (TPSA) is 72.5 Å². The zero-order valence-corrected chi connectivity index (χ0v) is 19.2. The van der Waals surface area contributed by atoms with E-state index >= 15 is 0 Å². The van der Waals surface area contributed by atoms with Gasteiger partial charge in [0.05, 0.1) is 16.3 Å². The normalized spacial score (nSPS) is 18.3. The van der Waals surface area contributed by atoms with Crippen LogP contribution in [0.2, 0.25) is 0 Å². The van der Waals surface area contributed by atoms with E-state index < -0.39 is 10.0 Å². The zero-order valence-electron chi connectivity index (χ0n) is 18.4. The first-order valence-electron chi connectivity index (χ1n) is 11.2. The van der Waals surface area contributed by atoms with E-state index in [-0.39, 0.29) is 0 Å². The second kappa shape index (κ2) is 8.69. The number of likely N-dealkylation sites (N-methyl/N-ethyl adjacent to an activating group) is 1. The number of nitrogens with zero attached hydrogens (tertiary/aromatic N) is 4. The van der Waals surface area contributed by atoms with Gasteiger partial charge in [-0.15, -0.1) is 0 Å². The van der Waals surface area contributed by atoms with E-state index in [1.807, 2.05) is 18.2 Å². The van der Waals surface area contributed by atoms with Crippen LogP contribution in [0.25, 0.3) is 22.5 Å². The molecule has 0 bridgehead atoms. The minimum absolute atomic E-state index is 0.349. The Labute approximate surface area is 189 Å². The molecule has 3 heterocycles. The molecule has 1 N–H and O–H groups in total. The van der Waals surface area contributed by atoms with E-state index in [2.05, 4.69) is 51.3 Å². The summed E-state index contributed by atoms with van der Waals surface area (Å²) in [6.45, 7) is 5.49. The van der Waals surface area contributed by atoms with Gasteiger partial charge in [-0.05, 0) is 55.8 Å². The fourth-order valence-corrected chi connectivity index (χ4v) is 5.93. The molecule has 0 amide bonds. The molecule has 0 saturated carbocycles. The number of anilines is 1. The maximum atomic E-state index is 12.7. The third-order valence-electron chi connectivity index (χ3n) is 6.48. The lowest BCUT2D eigenvalue weighted by molar-refractivity contribution is 0.313. The average Bonchev–Trinajstić information content (AvgIpc) is 3.53. The standard InChI is InChI=1S/C24H29N5O2S/c1-27-14-16-28(17-15-27)21-8-4-19(5-9-21)23-18-24(26-25-23)20-6-10-22(11-7-20)32(30,31)29-12-2-3-13-29/h4-11,18H,2-3,12-17H2,1H3,(H,25,26). The highest BCUT2D eigenvalue weighted by Crippen LogP contribution is 2.28. The maximum Gasteiger partial charge on any atom is 0.243 e. The third-order valence-corrected chi connectivity index (χ3v) is 8.39. The maximum absolute atomic E-state index is 12.7. The van der Waals surface area contributed by atoms with Crippen molar-refractivity contribution in [3.05, 3.63) is 54.6 Å². The molecule has 3 aromatic rings. The molecule has 0 atom stereocenters.